The van der Waals surface area contributed by atoms with E-state index in [9.17, 15) is 40.5 Å². The van der Waals surface area contributed by atoms with Crippen LogP contribution in [0.5, 0.6) is 0 Å². The van der Waals surface area contributed by atoms with E-state index in [2.05, 4.69) is 55.6 Å². The Balaban J connectivity index is 2.09. The van der Waals surface area contributed by atoms with E-state index in [0.29, 0.717) is 12.8 Å². The molecule has 1 aliphatic heterocycles. The predicted octanol–water partition coefficient (Wildman–Crippen LogP) is 14.2. The highest BCUT2D eigenvalue weighted by Crippen LogP contribution is 2.23. The fourth-order valence-corrected chi connectivity index (χ4v) is 10.2. The number of allylic oxidation sites excluding steroid dienone is 6. The van der Waals surface area contributed by atoms with Gasteiger partial charge in [-0.05, 0) is 70.6 Å². The van der Waals surface area contributed by atoms with E-state index in [0.717, 1.165) is 44.9 Å². The molecule has 442 valence electrons. The molecule has 1 amide bonds. The Kier molecular flexibility index (Phi) is 50.4. The highest BCUT2D eigenvalue weighted by molar-refractivity contribution is 5.80. The van der Waals surface area contributed by atoms with Gasteiger partial charge in [0.2, 0.25) is 5.91 Å². The first-order chi connectivity index (χ1) is 36.7. The summed E-state index contributed by atoms with van der Waals surface area (Å²) in [6, 6.07) is -1.18. The van der Waals surface area contributed by atoms with Gasteiger partial charge >= 0.3 is 0 Å². The van der Waals surface area contributed by atoms with Crippen LogP contribution in [0.1, 0.15) is 296 Å². The van der Waals surface area contributed by atoms with Gasteiger partial charge < -0.3 is 50.5 Å². The molecule has 1 rings (SSSR count). The third-order valence-electron chi connectivity index (χ3n) is 15.4. The quantitative estimate of drug-likeness (QED) is 0.0215. The SMILES string of the molecule is CCCCCCC/C=C/CCCC(O)C(O)C(COC1OC(CO)C(O)C(O)C1O)NC(=O)C(O)CCCCCCCCCCCCCCCCCC/C=C\C/C=C\CCCCCCCCCCCCCCCCC. The van der Waals surface area contributed by atoms with Crippen LogP contribution in [0.2, 0.25) is 0 Å². The van der Waals surface area contributed by atoms with Crippen molar-refractivity contribution in [3.05, 3.63) is 36.5 Å². The normalized spacial score (nSPS) is 19.9. The van der Waals surface area contributed by atoms with Gasteiger partial charge in [0, 0.05) is 0 Å². The molecule has 9 atom stereocenters. The Morgan fingerprint density at radius 2 is 0.827 bits per heavy atom. The number of hydrogen-bond acceptors (Lipinski definition) is 10. The third-order valence-corrected chi connectivity index (χ3v) is 15.4. The summed E-state index contributed by atoms with van der Waals surface area (Å²) in [4.78, 5) is 13.1. The van der Waals surface area contributed by atoms with Gasteiger partial charge in [-0.25, -0.2) is 0 Å². The first-order valence-electron chi connectivity index (χ1n) is 31.9. The topological polar surface area (TPSA) is 189 Å². The average molecular weight is 1060 g/mol. The molecule has 0 aromatic carbocycles. The van der Waals surface area contributed by atoms with Gasteiger partial charge in [0.25, 0.3) is 0 Å². The van der Waals surface area contributed by atoms with Crippen molar-refractivity contribution in [1.82, 2.24) is 5.32 Å². The van der Waals surface area contributed by atoms with E-state index < -0.39 is 74.2 Å². The second-order valence-corrected chi connectivity index (χ2v) is 22.5. The zero-order chi connectivity index (χ0) is 54.7. The summed E-state index contributed by atoms with van der Waals surface area (Å²) in [7, 11) is 0. The smallest absolute Gasteiger partial charge is 0.249 e. The Morgan fingerprint density at radius 1 is 0.467 bits per heavy atom. The maximum absolute atomic E-state index is 13.1. The second kappa shape index (κ2) is 53.0. The molecule has 9 unspecified atom stereocenters. The molecule has 75 heavy (non-hydrogen) atoms. The van der Waals surface area contributed by atoms with Crippen LogP contribution >= 0.6 is 0 Å². The summed E-state index contributed by atoms with van der Waals surface area (Å²) < 4.78 is 11.1. The van der Waals surface area contributed by atoms with Crippen molar-refractivity contribution in [2.75, 3.05) is 13.2 Å². The molecule has 11 heteroatoms. The zero-order valence-corrected chi connectivity index (χ0v) is 48.5. The lowest BCUT2D eigenvalue weighted by atomic mass is 9.98. The molecular formula is C64H121NO10. The van der Waals surface area contributed by atoms with Crippen LogP contribution in [0.15, 0.2) is 36.5 Å². The van der Waals surface area contributed by atoms with E-state index in [1.54, 1.807) is 0 Å². The molecule has 8 N–H and O–H groups in total. The summed E-state index contributed by atoms with van der Waals surface area (Å²) in [6.45, 7) is 3.42. The van der Waals surface area contributed by atoms with Crippen molar-refractivity contribution < 1.29 is 50.0 Å². The van der Waals surface area contributed by atoms with Crippen LogP contribution in [-0.4, -0.2) is 110 Å². The van der Waals surface area contributed by atoms with Crippen LogP contribution in [0.3, 0.4) is 0 Å². The van der Waals surface area contributed by atoms with Crippen LogP contribution in [-0.2, 0) is 14.3 Å². The van der Waals surface area contributed by atoms with Gasteiger partial charge in [0.05, 0.1) is 25.4 Å². The van der Waals surface area contributed by atoms with Gasteiger partial charge in [0.1, 0.15) is 36.6 Å². The minimum Gasteiger partial charge on any atom is -0.394 e. The number of carbonyl (C=O) groups excluding carboxylic acids is 1. The molecular weight excluding hydrogens is 943 g/mol. The Hall–Kier alpha value is -1.67. The number of amides is 1. The van der Waals surface area contributed by atoms with Gasteiger partial charge in [-0.2, -0.15) is 0 Å². The number of hydrogen-bond donors (Lipinski definition) is 8. The van der Waals surface area contributed by atoms with Gasteiger partial charge in [-0.1, -0.05) is 262 Å². The monoisotopic (exact) mass is 1060 g/mol. The fraction of sp³-hybridized carbons (Fsp3) is 0.891. The third kappa shape index (κ3) is 41.1. The number of nitrogens with one attached hydrogen (secondary N) is 1. The molecule has 1 aliphatic rings. The van der Waals surface area contributed by atoms with Crippen molar-refractivity contribution in [2.24, 2.45) is 0 Å². The predicted molar refractivity (Wildman–Crippen MR) is 312 cm³/mol. The Morgan fingerprint density at radius 3 is 1.23 bits per heavy atom. The van der Waals surface area contributed by atoms with Crippen LogP contribution < -0.4 is 5.32 Å². The van der Waals surface area contributed by atoms with Crippen molar-refractivity contribution in [3.8, 4) is 0 Å². The van der Waals surface area contributed by atoms with Crippen molar-refractivity contribution in [3.63, 3.8) is 0 Å². The molecule has 0 bridgehead atoms. The van der Waals surface area contributed by atoms with Crippen LogP contribution in [0, 0.1) is 0 Å². The average Bonchev–Trinajstić information content (AvgIpc) is 3.41. The number of aliphatic hydroxyl groups is 7. The number of carbonyl (C=O) groups is 1. The highest BCUT2D eigenvalue weighted by atomic mass is 16.7. The number of aliphatic hydroxyl groups excluding tert-OH is 7. The molecule has 1 heterocycles. The Labute approximate surface area is 460 Å². The van der Waals surface area contributed by atoms with Crippen molar-refractivity contribution >= 4 is 5.91 Å². The van der Waals surface area contributed by atoms with Crippen molar-refractivity contribution in [1.29, 1.82) is 0 Å². The van der Waals surface area contributed by atoms with E-state index in [4.69, 9.17) is 9.47 Å². The Bertz CT molecular complexity index is 1310. The first-order valence-corrected chi connectivity index (χ1v) is 31.9. The van der Waals surface area contributed by atoms with E-state index in [1.807, 2.05) is 0 Å². The first kappa shape index (κ1) is 71.3. The maximum Gasteiger partial charge on any atom is 0.249 e. The lowest BCUT2D eigenvalue weighted by molar-refractivity contribution is -0.303. The summed E-state index contributed by atoms with van der Waals surface area (Å²) in [5.74, 6) is -0.706. The number of rotatable bonds is 55. The largest absolute Gasteiger partial charge is 0.394 e. The molecule has 0 radical (unpaired) electrons. The molecule has 1 fully saturated rings. The van der Waals surface area contributed by atoms with Gasteiger partial charge in [-0.15, -0.1) is 0 Å². The fourth-order valence-electron chi connectivity index (χ4n) is 10.2. The molecule has 0 aromatic rings. The van der Waals surface area contributed by atoms with Gasteiger partial charge in [-0.3, -0.25) is 4.79 Å². The summed E-state index contributed by atoms with van der Waals surface area (Å²) in [5.41, 5.74) is 0. The number of ether oxygens (including phenoxy) is 2. The molecule has 0 aromatic heterocycles. The second-order valence-electron chi connectivity index (χ2n) is 22.5. The minimum atomic E-state index is -1.67. The van der Waals surface area contributed by atoms with Gasteiger partial charge in [0.15, 0.2) is 6.29 Å². The van der Waals surface area contributed by atoms with E-state index >= 15 is 0 Å². The van der Waals surface area contributed by atoms with E-state index in [1.165, 1.54) is 212 Å². The van der Waals surface area contributed by atoms with Crippen LogP contribution in [0.25, 0.3) is 0 Å². The molecule has 0 spiro atoms. The lowest BCUT2D eigenvalue weighted by Crippen LogP contribution is -2.60. The highest BCUT2D eigenvalue weighted by Gasteiger charge is 2.44. The standard InChI is InChI=1S/C64H121NO10/c1-3-5-7-9-11-13-15-16-17-18-19-20-21-22-23-24-25-26-27-28-29-30-31-32-33-34-35-36-37-38-39-40-41-42-44-46-48-50-52-57(68)63(73)65-55(54-74-64-62(72)61(71)60(70)58(53-66)75-64)59(69)56(67)51-49-47-45-43-14-12-10-8-6-4-2/h25-26,28-29,43,45,55-62,64,66-72H,3-24,27,30-42,44,46-54H2,1-2H3,(H,65,73)/b26-25-,29-28-,45-43+. The lowest BCUT2D eigenvalue weighted by Gasteiger charge is -2.40. The van der Waals surface area contributed by atoms with Crippen LogP contribution in [0.4, 0.5) is 0 Å². The maximum atomic E-state index is 13.1. The molecule has 11 nitrogen and oxygen atoms in total. The molecule has 0 saturated carbocycles. The van der Waals surface area contributed by atoms with E-state index in [-0.39, 0.29) is 12.8 Å². The minimum absolute atomic E-state index is 0.255. The summed E-state index contributed by atoms with van der Waals surface area (Å²) >= 11 is 0. The molecule has 0 aliphatic carbocycles. The number of unbranched alkanes of at least 4 members (excludes halogenated alkanes) is 37. The summed E-state index contributed by atoms with van der Waals surface area (Å²) in [5, 5.41) is 75.9. The molecule has 1 saturated heterocycles. The summed E-state index contributed by atoms with van der Waals surface area (Å²) in [6.07, 6.45) is 55.5. The zero-order valence-electron chi connectivity index (χ0n) is 48.5. The van der Waals surface area contributed by atoms with Crippen molar-refractivity contribution in [2.45, 2.75) is 351 Å².